The van der Waals surface area contributed by atoms with Gasteiger partial charge in [-0.05, 0) is 43.8 Å². The molecule has 2 aliphatic rings. The number of aromatic nitrogens is 2. The van der Waals surface area contributed by atoms with Crippen molar-refractivity contribution >= 4 is 29.5 Å². The quantitative estimate of drug-likeness (QED) is 0.849. The maximum atomic E-state index is 11.1. The van der Waals surface area contributed by atoms with Crippen molar-refractivity contribution in [3.8, 4) is 0 Å². The van der Waals surface area contributed by atoms with Gasteiger partial charge < -0.3 is 14.8 Å². The van der Waals surface area contributed by atoms with Crippen LogP contribution in [0.4, 0.5) is 0 Å². The Morgan fingerprint density at radius 1 is 1.35 bits per heavy atom. The second kappa shape index (κ2) is 4.88. The summed E-state index contributed by atoms with van der Waals surface area (Å²) >= 11 is 6.17. The average Bonchev–Trinajstić information content (AvgIpc) is 3.01. The molecule has 0 unspecified atom stereocenters. The monoisotopic (exact) mass is 313 g/mol. The van der Waals surface area contributed by atoms with Crippen LogP contribution in [0.15, 0.2) is 24.8 Å². The van der Waals surface area contributed by atoms with Gasteiger partial charge in [-0.1, -0.05) is 11.6 Å². The molecule has 3 atom stereocenters. The van der Waals surface area contributed by atoms with Crippen LogP contribution in [0.5, 0.6) is 0 Å². The smallest absolute Gasteiger partial charge is 0.0992 e. The fourth-order valence-electron chi connectivity index (χ4n) is 3.81. The van der Waals surface area contributed by atoms with Crippen molar-refractivity contribution < 1.29 is 5.11 Å². The van der Waals surface area contributed by atoms with Crippen LogP contribution >= 0.6 is 24.0 Å². The Kier molecular flexibility index (Phi) is 3.45. The molecule has 0 amide bonds. The molecule has 0 aromatic carbocycles. The van der Waals surface area contributed by atoms with E-state index in [4.69, 9.17) is 11.6 Å². The molecule has 2 fully saturated rings. The van der Waals surface area contributed by atoms with E-state index in [1.807, 2.05) is 16.7 Å². The molecular formula is C14H17Cl2N3O. The maximum absolute atomic E-state index is 11.1. The Hall–Kier alpha value is -0.810. The molecule has 2 aromatic rings. The van der Waals surface area contributed by atoms with Crippen molar-refractivity contribution in [2.75, 3.05) is 13.1 Å². The highest BCUT2D eigenvalue weighted by Crippen LogP contribution is 2.48. The first-order valence-electron chi connectivity index (χ1n) is 6.70. The first-order valence-corrected chi connectivity index (χ1v) is 7.08. The van der Waals surface area contributed by atoms with Crippen LogP contribution in [0.2, 0.25) is 5.02 Å². The average molecular weight is 314 g/mol. The lowest BCUT2D eigenvalue weighted by molar-refractivity contribution is 0.0370. The lowest BCUT2D eigenvalue weighted by atomic mass is 9.90. The van der Waals surface area contributed by atoms with E-state index < -0.39 is 5.60 Å². The van der Waals surface area contributed by atoms with Gasteiger partial charge in [0.1, 0.15) is 0 Å². The number of nitrogens with zero attached hydrogens (tertiary/aromatic N) is 2. The van der Waals surface area contributed by atoms with Crippen molar-refractivity contribution in [1.82, 2.24) is 14.7 Å². The second-order valence-corrected chi connectivity index (χ2v) is 6.31. The molecule has 0 bridgehead atoms. The molecule has 2 aromatic heterocycles. The normalized spacial score (nSPS) is 32.3. The summed E-state index contributed by atoms with van der Waals surface area (Å²) in [5.74, 6) is 1.15. The molecule has 108 valence electrons. The van der Waals surface area contributed by atoms with Crippen LogP contribution in [-0.4, -0.2) is 27.6 Å². The van der Waals surface area contributed by atoms with Gasteiger partial charge in [-0.3, -0.25) is 0 Å². The molecule has 6 heteroatoms. The van der Waals surface area contributed by atoms with E-state index in [0.717, 1.165) is 37.0 Å². The summed E-state index contributed by atoms with van der Waals surface area (Å²) in [6.45, 7) is 2.03. The summed E-state index contributed by atoms with van der Waals surface area (Å²) in [6, 6.07) is 1.90. The van der Waals surface area contributed by atoms with Crippen LogP contribution < -0.4 is 5.32 Å². The van der Waals surface area contributed by atoms with E-state index in [1.165, 1.54) is 0 Å². The van der Waals surface area contributed by atoms with Gasteiger partial charge in [0.05, 0.1) is 28.7 Å². The number of halogens is 2. The third kappa shape index (κ3) is 2.02. The zero-order valence-electron chi connectivity index (χ0n) is 10.9. The van der Waals surface area contributed by atoms with Gasteiger partial charge in [0.25, 0.3) is 0 Å². The second-order valence-electron chi connectivity index (χ2n) is 5.88. The third-order valence-corrected chi connectivity index (χ3v) is 4.87. The Morgan fingerprint density at radius 3 is 2.75 bits per heavy atom. The summed E-state index contributed by atoms with van der Waals surface area (Å²) in [5, 5.41) is 15.1. The minimum atomic E-state index is -0.760. The van der Waals surface area contributed by atoms with Gasteiger partial charge in [-0.25, -0.2) is 4.98 Å². The third-order valence-electron chi connectivity index (χ3n) is 4.67. The first kappa shape index (κ1) is 14.1. The summed E-state index contributed by atoms with van der Waals surface area (Å²) in [7, 11) is 0. The van der Waals surface area contributed by atoms with Crippen LogP contribution in [0.1, 0.15) is 18.4 Å². The van der Waals surface area contributed by atoms with Crippen molar-refractivity contribution in [3.63, 3.8) is 0 Å². The van der Waals surface area contributed by atoms with Crippen molar-refractivity contribution in [3.05, 3.63) is 35.4 Å². The zero-order valence-corrected chi connectivity index (χ0v) is 12.5. The highest BCUT2D eigenvalue weighted by atomic mass is 35.5. The largest absolute Gasteiger partial charge is 0.385 e. The maximum Gasteiger partial charge on any atom is 0.0992 e. The number of hydrogen-bond donors (Lipinski definition) is 2. The highest BCUT2D eigenvalue weighted by Gasteiger charge is 2.47. The number of hydrogen-bond acceptors (Lipinski definition) is 3. The SMILES string of the molecule is Cl.O[C@@]1(c2cc(Cl)cn3cncc23)C[C@H]2CNC[C@H]2C1. The fourth-order valence-corrected chi connectivity index (χ4v) is 4.02. The minimum absolute atomic E-state index is 0. The summed E-state index contributed by atoms with van der Waals surface area (Å²) in [6.07, 6.45) is 6.98. The molecule has 1 saturated carbocycles. The standard InChI is InChI=1S/C14H16ClN3O.ClH/c15-11-1-12(13-6-17-8-18(13)7-11)14(19)2-9-4-16-5-10(9)3-14;/h1,6-10,16,19H,2-5H2;1H/t9-,10+,14-;. The first-order chi connectivity index (χ1) is 9.16. The van der Waals surface area contributed by atoms with Gasteiger partial charge in [0.2, 0.25) is 0 Å². The number of rotatable bonds is 1. The minimum Gasteiger partial charge on any atom is -0.385 e. The van der Waals surface area contributed by atoms with E-state index in [1.54, 1.807) is 12.5 Å². The molecule has 1 aliphatic heterocycles. The summed E-state index contributed by atoms with van der Waals surface area (Å²) in [5.41, 5.74) is 1.12. The number of aliphatic hydroxyl groups is 1. The van der Waals surface area contributed by atoms with Crippen molar-refractivity contribution in [2.45, 2.75) is 18.4 Å². The predicted octanol–water partition coefficient (Wildman–Crippen LogP) is 2.23. The summed E-state index contributed by atoms with van der Waals surface area (Å²) < 4.78 is 1.89. The van der Waals surface area contributed by atoms with Crippen LogP contribution in [0.25, 0.3) is 5.52 Å². The van der Waals surface area contributed by atoms with E-state index in [2.05, 4.69) is 10.3 Å². The molecule has 0 spiro atoms. The number of imidazole rings is 1. The molecule has 20 heavy (non-hydrogen) atoms. The Balaban J connectivity index is 0.00000121. The Bertz CT molecular complexity index is 630. The zero-order chi connectivity index (χ0) is 13.0. The number of nitrogens with one attached hydrogen (secondary N) is 1. The molecule has 4 rings (SSSR count). The molecular weight excluding hydrogens is 297 g/mol. The predicted molar refractivity (Wildman–Crippen MR) is 80.4 cm³/mol. The van der Waals surface area contributed by atoms with E-state index in [9.17, 15) is 5.11 Å². The lowest BCUT2D eigenvalue weighted by Crippen LogP contribution is -2.26. The lowest BCUT2D eigenvalue weighted by Gasteiger charge is -2.25. The topological polar surface area (TPSA) is 49.6 Å². The summed E-state index contributed by atoms with van der Waals surface area (Å²) in [4.78, 5) is 4.16. The highest BCUT2D eigenvalue weighted by molar-refractivity contribution is 6.30. The fraction of sp³-hybridized carbons (Fsp3) is 0.500. The van der Waals surface area contributed by atoms with Crippen molar-refractivity contribution in [2.24, 2.45) is 11.8 Å². The van der Waals surface area contributed by atoms with Crippen LogP contribution in [0, 0.1) is 11.8 Å². The van der Waals surface area contributed by atoms with Gasteiger partial charge in [-0.15, -0.1) is 12.4 Å². The van der Waals surface area contributed by atoms with Gasteiger partial charge in [-0.2, -0.15) is 0 Å². The Labute approximate surface area is 128 Å². The molecule has 2 N–H and O–H groups in total. The van der Waals surface area contributed by atoms with Gasteiger partial charge >= 0.3 is 0 Å². The number of pyridine rings is 1. The van der Waals surface area contributed by atoms with Crippen molar-refractivity contribution in [1.29, 1.82) is 0 Å². The van der Waals surface area contributed by atoms with E-state index in [0.29, 0.717) is 16.9 Å². The van der Waals surface area contributed by atoms with Crippen LogP contribution in [-0.2, 0) is 5.60 Å². The molecule has 0 radical (unpaired) electrons. The molecule has 1 saturated heterocycles. The van der Waals surface area contributed by atoms with E-state index >= 15 is 0 Å². The van der Waals surface area contributed by atoms with Gasteiger partial charge in [0.15, 0.2) is 0 Å². The van der Waals surface area contributed by atoms with Gasteiger partial charge in [0, 0.05) is 11.8 Å². The van der Waals surface area contributed by atoms with Crippen LogP contribution in [0.3, 0.4) is 0 Å². The van der Waals surface area contributed by atoms with E-state index in [-0.39, 0.29) is 12.4 Å². The number of fused-ring (bicyclic) bond motifs is 2. The molecule has 3 heterocycles. The molecule has 1 aliphatic carbocycles. The Morgan fingerprint density at radius 2 is 2.05 bits per heavy atom. The molecule has 4 nitrogen and oxygen atoms in total.